The summed E-state index contributed by atoms with van der Waals surface area (Å²) in [5.74, 6) is 0.00600. The summed E-state index contributed by atoms with van der Waals surface area (Å²) in [7, 11) is 0. The fourth-order valence-electron chi connectivity index (χ4n) is 3.09. The number of ether oxygens (including phenoxy) is 3. The van der Waals surface area contributed by atoms with Crippen molar-refractivity contribution < 1.29 is 28.8 Å². The van der Waals surface area contributed by atoms with Crippen LogP contribution in [0.1, 0.15) is 18.5 Å². The van der Waals surface area contributed by atoms with Gasteiger partial charge in [0.05, 0.1) is 43.5 Å². The van der Waals surface area contributed by atoms with E-state index >= 15 is 0 Å². The second kappa shape index (κ2) is 9.92. The molecule has 31 heavy (non-hydrogen) atoms. The Balaban J connectivity index is 1.68. The summed E-state index contributed by atoms with van der Waals surface area (Å²) in [5, 5.41) is 18.2. The lowest BCUT2D eigenvalue weighted by molar-refractivity contribution is -0.213. The van der Waals surface area contributed by atoms with E-state index in [4.69, 9.17) is 19.3 Å². The van der Waals surface area contributed by atoms with E-state index in [2.05, 4.69) is 19.9 Å². The number of nitrogens with zero attached hydrogens (tertiary/aromatic N) is 3. The molecule has 3 N–H and O–H groups in total. The van der Waals surface area contributed by atoms with Crippen LogP contribution >= 0.6 is 0 Å². The van der Waals surface area contributed by atoms with Crippen molar-refractivity contribution in [3.8, 4) is 28.7 Å². The van der Waals surface area contributed by atoms with Gasteiger partial charge in [0.2, 0.25) is 6.29 Å². The van der Waals surface area contributed by atoms with Crippen LogP contribution in [-0.4, -0.2) is 63.2 Å². The van der Waals surface area contributed by atoms with Gasteiger partial charge < -0.3 is 29.4 Å². The lowest BCUT2D eigenvalue weighted by Crippen LogP contribution is -2.29. The molecule has 3 heterocycles. The second-order valence-corrected chi connectivity index (χ2v) is 7.05. The maximum Gasteiger partial charge on any atom is 0.316 e. The predicted octanol–water partition coefficient (Wildman–Crippen LogP) is 2.09. The Kier molecular flexibility index (Phi) is 6.82. The van der Waals surface area contributed by atoms with Crippen LogP contribution in [0.5, 0.6) is 6.01 Å². The fourth-order valence-corrected chi connectivity index (χ4v) is 3.09. The van der Waals surface area contributed by atoms with Crippen molar-refractivity contribution in [3.63, 3.8) is 0 Å². The smallest absolute Gasteiger partial charge is 0.316 e. The Morgan fingerprint density at radius 2 is 1.87 bits per heavy atom. The topological polar surface area (TPSA) is 123 Å². The van der Waals surface area contributed by atoms with Gasteiger partial charge in [0.15, 0.2) is 5.82 Å². The fraction of sp³-hybridized carbons (Fsp3) is 0.381. The molecular formula is C21H23FN4O5. The predicted molar refractivity (Wildman–Crippen MR) is 107 cm³/mol. The highest BCUT2D eigenvalue weighted by atomic mass is 19.1. The number of hydrogen-bond donors (Lipinski definition) is 3. The molecule has 4 rings (SSSR count). The van der Waals surface area contributed by atoms with Crippen molar-refractivity contribution in [1.82, 2.24) is 19.9 Å². The first kappa shape index (κ1) is 21.3. The van der Waals surface area contributed by atoms with Crippen LogP contribution in [0.2, 0.25) is 0 Å². The maximum absolute atomic E-state index is 13.4. The Morgan fingerprint density at radius 3 is 2.58 bits per heavy atom. The molecule has 10 heteroatoms. The molecule has 0 saturated carbocycles. The monoisotopic (exact) mass is 430 g/mol. The van der Waals surface area contributed by atoms with Crippen LogP contribution in [0.15, 0.2) is 36.5 Å². The van der Waals surface area contributed by atoms with Crippen LogP contribution in [0.4, 0.5) is 4.39 Å². The first-order valence-corrected chi connectivity index (χ1v) is 9.95. The van der Waals surface area contributed by atoms with Gasteiger partial charge >= 0.3 is 6.01 Å². The number of aliphatic hydroxyl groups excluding tert-OH is 2. The highest BCUT2D eigenvalue weighted by Crippen LogP contribution is 2.33. The largest absolute Gasteiger partial charge is 0.463 e. The number of rotatable bonds is 8. The first-order chi connectivity index (χ1) is 15.2. The summed E-state index contributed by atoms with van der Waals surface area (Å²) >= 11 is 0. The van der Waals surface area contributed by atoms with Gasteiger partial charge in [0, 0.05) is 30.7 Å². The van der Waals surface area contributed by atoms with Gasteiger partial charge in [-0.25, -0.2) is 14.4 Å². The van der Waals surface area contributed by atoms with E-state index in [1.54, 1.807) is 24.4 Å². The standard InChI is InChI=1S/C21H23FN4O5/c22-15-4-2-14(3-5-15)17-18(16-6-7-23-21(24-16)29-9-1-8-27)26-19(25-17)20-30-11-13(10-28)12-31-20/h2-7,13,20,27-28H,1,8-12H2,(H,25,26). The number of aliphatic hydroxyl groups is 2. The summed E-state index contributed by atoms with van der Waals surface area (Å²) in [5.41, 5.74) is 2.33. The quantitative estimate of drug-likeness (QED) is 0.465. The highest BCUT2D eigenvalue weighted by Gasteiger charge is 2.27. The van der Waals surface area contributed by atoms with Gasteiger partial charge in [0.1, 0.15) is 5.82 Å². The number of aromatic nitrogens is 4. The highest BCUT2D eigenvalue weighted by molar-refractivity contribution is 5.76. The van der Waals surface area contributed by atoms with E-state index in [9.17, 15) is 9.50 Å². The molecule has 0 unspecified atom stereocenters. The van der Waals surface area contributed by atoms with Crippen LogP contribution in [0.3, 0.4) is 0 Å². The first-order valence-electron chi connectivity index (χ1n) is 9.95. The van der Waals surface area contributed by atoms with Crippen molar-refractivity contribution in [1.29, 1.82) is 0 Å². The van der Waals surface area contributed by atoms with Crippen molar-refractivity contribution >= 4 is 0 Å². The molecule has 164 valence electrons. The summed E-state index contributed by atoms with van der Waals surface area (Å²) in [4.78, 5) is 16.4. The number of hydrogen-bond acceptors (Lipinski definition) is 8. The van der Waals surface area contributed by atoms with Gasteiger partial charge in [-0.2, -0.15) is 4.98 Å². The molecule has 1 aliphatic heterocycles. The number of H-pyrrole nitrogens is 1. The Hall–Kier alpha value is -2.92. The third kappa shape index (κ3) is 5.05. The molecule has 0 atom stereocenters. The zero-order valence-corrected chi connectivity index (χ0v) is 16.7. The molecule has 3 aromatic rings. The lowest BCUT2D eigenvalue weighted by atomic mass is 10.1. The van der Waals surface area contributed by atoms with E-state index < -0.39 is 6.29 Å². The van der Waals surface area contributed by atoms with Crippen molar-refractivity contribution in [2.45, 2.75) is 12.7 Å². The number of benzene rings is 1. The van der Waals surface area contributed by atoms with Crippen LogP contribution in [0.25, 0.3) is 22.6 Å². The van der Waals surface area contributed by atoms with E-state index in [0.29, 0.717) is 48.1 Å². The second-order valence-electron chi connectivity index (χ2n) is 7.05. The molecule has 0 spiro atoms. The van der Waals surface area contributed by atoms with E-state index in [0.717, 1.165) is 0 Å². The van der Waals surface area contributed by atoms with E-state index in [1.807, 2.05) is 0 Å². The zero-order chi connectivity index (χ0) is 21.6. The number of imidazole rings is 1. The maximum atomic E-state index is 13.4. The summed E-state index contributed by atoms with van der Waals surface area (Å²) in [6, 6.07) is 7.84. The van der Waals surface area contributed by atoms with Gasteiger partial charge in [-0.3, -0.25) is 0 Å². The SMILES string of the molecule is OCCCOc1nccc(-c2[nH]c(C3OCC(CO)CO3)nc2-c2ccc(F)cc2)n1. The number of nitrogens with one attached hydrogen (secondary N) is 1. The molecule has 9 nitrogen and oxygen atoms in total. The summed E-state index contributed by atoms with van der Waals surface area (Å²) < 4.78 is 30.3. The Bertz CT molecular complexity index is 990. The molecular weight excluding hydrogens is 407 g/mol. The number of halogens is 1. The molecule has 1 aliphatic rings. The molecule has 0 aliphatic carbocycles. The van der Waals surface area contributed by atoms with Gasteiger partial charge in [0.25, 0.3) is 0 Å². The average molecular weight is 430 g/mol. The van der Waals surface area contributed by atoms with Crippen molar-refractivity contribution in [2.24, 2.45) is 5.92 Å². The van der Waals surface area contributed by atoms with Crippen LogP contribution < -0.4 is 4.74 Å². The van der Waals surface area contributed by atoms with Gasteiger partial charge in [-0.1, -0.05) is 0 Å². The molecule has 0 radical (unpaired) electrons. The van der Waals surface area contributed by atoms with Crippen molar-refractivity contribution in [3.05, 3.63) is 48.2 Å². The molecule has 1 saturated heterocycles. The Labute approximate surface area is 177 Å². The van der Waals surface area contributed by atoms with Gasteiger partial charge in [-0.15, -0.1) is 0 Å². The molecule has 2 aromatic heterocycles. The Morgan fingerprint density at radius 1 is 1.10 bits per heavy atom. The average Bonchev–Trinajstić information content (AvgIpc) is 3.25. The van der Waals surface area contributed by atoms with Gasteiger partial charge in [-0.05, 0) is 30.3 Å². The summed E-state index contributed by atoms with van der Waals surface area (Å²) in [6.07, 6.45) is 1.30. The lowest BCUT2D eigenvalue weighted by Gasteiger charge is -2.26. The molecule has 1 fully saturated rings. The zero-order valence-electron chi connectivity index (χ0n) is 16.7. The van der Waals surface area contributed by atoms with Crippen molar-refractivity contribution in [2.75, 3.05) is 33.0 Å². The van der Waals surface area contributed by atoms with E-state index in [1.165, 1.54) is 12.1 Å². The third-order valence-electron chi connectivity index (χ3n) is 4.71. The molecule has 0 bridgehead atoms. The van der Waals surface area contributed by atoms with Crippen LogP contribution in [0, 0.1) is 11.7 Å². The van der Waals surface area contributed by atoms with Crippen LogP contribution in [-0.2, 0) is 9.47 Å². The molecule has 0 amide bonds. The van der Waals surface area contributed by atoms with E-state index in [-0.39, 0.29) is 37.6 Å². The summed E-state index contributed by atoms with van der Waals surface area (Å²) in [6.45, 7) is 0.974. The number of aromatic amines is 1. The normalized spacial score (nSPS) is 18.8. The minimum absolute atomic E-state index is 0.0108. The third-order valence-corrected chi connectivity index (χ3v) is 4.71. The minimum atomic E-state index is -0.724. The minimum Gasteiger partial charge on any atom is -0.463 e. The molecule has 1 aromatic carbocycles.